The van der Waals surface area contributed by atoms with Gasteiger partial charge in [0.05, 0.1) is 6.33 Å². The summed E-state index contributed by atoms with van der Waals surface area (Å²) in [6, 6.07) is 0.116. The summed E-state index contributed by atoms with van der Waals surface area (Å²) < 4.78 is 0. The standard InChI is InChI=1S/C9H15N5O/c10-6(5-1-2-5)3-12-8-7(11)9(15)14-4-13-8/h4-6H,1-3,10-11H2,(H2,12,13,14,15). The number of aromatic amines is 1. The summed E-state index contributed by atoms with van der Waals surface area (Å²) in [5, 5.41) is 2.99. The first-order valence-corrected chi connectivity index (χ1v) is 5.01. The quantitative estimate of drug-likeness (QED) is 0.534. The van der Waals surface area contributed by atoms with Gasteiger partial charge >= 0.3 is 0 Å². The number of nitrogens with two attached hydrogens (primary N) is 2. The van der Waals surface area contributed by atoms with Crippen molar-refractivity contribution in [1.82, 2.24) is 9.97 Å². The van der Waals surface area contributed by atoms with Gasteiger partial charge in [-0.25, -0.2) is 4.98 Å². The van der Waals surface area contributed by atoms with E-state index in [1.165, 1.54) is 19.2 Å². The molecule has 0 aromatic carbocycles. The molecule has 6 nitrogen and oxygen atoms in total. The zero-order chi connectivity index (χ0) is 10.8. The van der Waals surface area contributed by atoms with Crippen molar-refractivity contribution in [3.05, 3.63) is 16.7 Å². The molecular weight excluding hydrogens is 194 g/mol. The van der Waals surface area contributed by atoms with Crippen LogP contribution in [0.1, 0.15) is 12.8 Å². The summed E-state index contributed by atoms with van der Waals surface area (Å²) >= 11 is 0. The van der Waals surface area contributed by atoms with E-state index in [0.717, 1.165) is 0 Å². The van der Waals surface area contributed by atoms with E-state index in [1.807, 2.05) is 0 Å². The summed E-state index contributed by atoms with van der Waals surface area (Å²) in [5.41, 5.74) is 11.2. The van der Waals surface area contributed by atoms with Crippen molar-refractivity contribution in [1.29, 1.82) is 0 Å². The van der Waals surface area contributed by atoms with Crippen LogP contribution in [0.2, 0.25) is 0 Å². The Kier molecular flexibility index (Phi) is 2.59. The van der Waals surface area contributed by atoms with Gasteiger partial charge in [-0.15, -0.1) is 0 Å². The Bertz CT molecular complexity index is 398. The van der Waals surface area contributed by atoms with E-state index in [2.05, 4.69) is 15.3 Å². The van der Waals surface area contributed by atoms with Crippen LogP contribution in [0.25, 0.3) is 0 Å². The van der Waals surface area contributed by atoms with Gasteiger partial charge in [-0.05, 0) is 18.8 Å². The fourth-order valence-electron chi connectivity index (χ4n) is 1.46. The van der Waals surface area contributed by atoms with E-state index >= 15 is 0 Å². The third-order valence-corrected chi connectivity index (χ3v) is 2.62. The van der Waals surface area contributed by atoms with Gasteiger partial charge in [0.1, 0.15) is 5.69 Å². The minimum atomic E-state index is -0.326. The van der Waals surface area contributed by atoms with E-state index in [4.69, 9.17) is 11.5 Å². The van der Waals surface area contributed by atoms with Gasteiger partial charge in [0, 0.05) is 12.6 Å². The molecule has 1 unspecified atom stereocenters. The molecule has 1 aliphatic rings. The topological polar surface area (TPSA) is 110 Å². The van der Waals surface area contributed by atoms with Crippen molar-refractivity contribution >= 4 is 11.5 Å². The van der Waals surface area contributed by atoms with Crippen LogP contribution in [0.15, 0.2) is 11.1 Å². The highest BCUT2D eigenvalue weighted by atomic mass is 16.1. The Labute approximate surface area is 87.1 Å². The van der Waals surface area contributed by atoms with E-state index in [-0.39, 0.29) is 17.3 Å². The lowest BCUT2D eigenvalue weighted by Gasteiger charge is -2.12. The molecule has 82 valence electrons. The third-order valence-electron chi connectivity index (χ3n) is 2.62. The summed E-state index contributed by atoms with van der Waals surface area (Å²) in [5.74, 6) is 1.02. The molecule has 2 rings (SSSR count). The van der Waals surface area contributed by atoms with Crippen LogP contribution >= 0.6 is 0 Å². The van der Waals surface area contributed by atoms with Crippen molar-refractivity contribution in [3.63, 3.8) is 0 Å². The molecule has 1 aromatic heterocycles. The van der Waals surface area contributed by atoms with Crippen LogP contribution in [0, 0.1) is 5.92 Å². The number of H-pyrrole nitrogens is 1. The maximum Gasteiger partial charge on any atom is 0.276 e. The molecule has 0 radical (unpaired) electrons. The Hall–Kier alpha value is -1.56. The number of aromatic nitrogens is 2. The molecule has 1 fully saturated rings. The summed E-state index contributed by atoms with van der Waals surface area (Å²) in [4.78, 5) is 17.5. The van der Waals surface area contributed by atoms with Crippen molar-refractivity contribution in [2.75, 3.05) is 17.6 Å². The Morgan fingerprint density at radius 1 is 1.67 bits per heavy atom. The van der Waals surface area contributed by atoms with Crippen LogP contribution in [0.5, 0.6) is 0 Å². The van der Waals surface area contributed by atoms with Gasteiger partial charge < -0.3 is 21.8 Å². The van der Waals surface area contributed by atoms with Crippen LogP contribution in [0.4, 0.5) is 11.5 Å². The highest BCUT2D eigenvalue weighted by Crippen LogP contribution is 2.31. The molecule has 0 saturated heterocycles. The summed E-state index contributed by atoms with van der Waals surface area (Å²) in [6.07, 6.45) is 3.71. The Balaban J connectivity index is 1.98. The van der Waals surface area contributed by atoms with Crippen molar-refractivity contribution in [3.8, 4) is 0 Å². The summed E-state index contributed by atoms with van der Waals surface area (Å²) in [7, 11) is 0. The first-order chi connectivity index (χ1) is 7.18. The molecule has 15 heavy (non-hydrogen) atoms. The molecule has 0 amide bonds. The second-order valence-electron chi connectivity index (χ2n) is 3.88. The monoisotopic (exact) mass is 209 g/mol. The second-order valence-corrected chi connectivity index (χ2v) is 3.88. The molecule has 6 N–H and O–H groups in total. The highest BCUT2D eigenvalue weighted by molar-refractivity contribution is 5.58. The minimum absolute atomic E-state index is 0.112. The van der Waals surface area contributed by atoms with Gasteiger partial charge in [0.25, 0.3) is 5.56 Å². The van der Waals surface area contributed by atoms with Crippen LogP contribution in [-0.2, 0) is 0 Å². The number of hydrogen-bond donors (Lipinski definition) is 4. The first kappa shape index (κ1) is 9.97. The zero-order valence-corrected chi connectivity index (χ0v) is 8.36. The van der Waals surface area contributed by atoms with Gasteiger partial charge in [0.2, 0.25) is 0 Å². The fraction of sp³-hybridized carbons (Fsp3) is 0.556. The Morgan fingerprint density at radius 2 is 2.40 bits per heavy atom. The number of nitrogens with one attached hydrogen (secondary N) is 2. The lowest BCUT2D eigenvalue weighted by Crippen LogP contribution is -2.32. The number of hydrogen-bond acceptors (Lipinski definition) is 5. The average Bonchev–Trinajstić information content (AvgIpc) is 3.03. The molecular formula is C9H15N5O. The molecule has 1 aliphatic carbocycles. The minimum Gasteiger partial charge on any atom is -0.391 e. The van der Waals surface area contributed by atoms with Crippen LogP contribution in [0.3, 0.4) is 0 Å². The maximum atomic E-state index is 11.1. The Morgan fingerprint density at radius 3 is 3.07 bits per heavy atom. The number of nitrogens with zero attached hydrogens (tertiary/aromatic N) is 1. The maximum absolute atomic E-state index is 11.1. The van der Waals surface area contributed by atoms with Crippen molar-refractivity contribution < 1.29 is 0 Å². The lowest BCUT2D eigenvalue weighted by atomic mass is 10.2. The second kappa shape index (κ2) is 3.90. The van der Waals surface area contributed by atoms with E-state index in [9.17, 15) is 4.79 Å². The van der Waals surface area contributed by atoms with Gasteiger partial charge in [-0.3, -0.25) is 4.79 Å². The molecule has 1 saturated carbocycles. The third kappa shape index (κ3) is 2.27. The first-order valence-electron chi connectivity index (χ1n) is 5.01. The fourth-order valence-corrected chi connectivity index (χ4v) is 1.46. The zero-order valence-electron chi connectivity index (χ0n) is 8.36. The SMILES string of the molecule is Nc1c(NCC(N)C2CC2)nc[nH]c1=O. The largest absolute Gasteiger partial charge is 0.391 e. The average molecular weight is 209 g/mol. The predicted octanol–water partition coefficient (Wildman–Crippen LogP) is -0.499. The van der Waals surface area contributed by atoms with E-state index in [1.54, 1.807) is 0 Å². The van der Waals surface area contributed by atoms with Crippen molar-refractivity contribution in [2.45, 2.75) is 18.9 Å². The van der Waals surface area contributed by atoms with Gasteiger partial charge in [-0.2, -0.15) is 0 Å². The van der Waals surface area contributed by atoms with Crippen LogP contribution < -0.4 is 22.3 Å². The molecule has 1 atom stereocenters. The predicted molar refractivity (Wildman–Crippen MR) is 58.5 cm³/mol. The molecule has 0 bridgehead atoms. The van der Waals surface area contributed by atoms with Crippen molar-refractivity contribution in [2.24, 2.45) is 11.7 Å². The number of anilines is 2. The molecule has 6 heteroatoms. The molecule has 0 aliphatic heterocycles. The molecule has 0 spiro atoms. The lowest BCUT2D eigenvalue weighted by molar-refractivity contribution is 0.620. The normalized spacial score (nSPS) is 17.4. The summed E-state index contributed by atoms with van der Waals surface area (Å²) in [6.45, 7) is 0.602. The van der Waals surface area contributed by atoms with E-state index < -0.39 is 0 Å². The van der Waals surface area contributed by atoms with Crippen LogP contribution in [-0.4, -0.2) is 22.6 Å². The molecule has 1 heterocycles. The molecule has 1 aromatic rings. The van der Waals surface area contributed by atoms with Gasteiger partial charge in [0.15, 0.2) is 5.82 Å². The highest BCUT2D eigenvalue weighted by Gasteiger charge is 2.28. The smallest absolute Gasteiger partial charge is 0.276 e. The van der Waals surface area contributed by atoms with Gasteiger partial charge in [-0.1, -0.05) is 0 Å². The number of nitrogen functional groups attached to an aromatic ring is 1. The number of rotatable bonds is 4. The van der Waals surface area contributed by atoms with E-state index in [0.29, 0.717) is 18.3 Å².